The van der Waals surface area contributed by atoms with E-state index < -0.39 is 18.5 Å². The Kier molecular flexibility index (Phi) is 8.94. The largest absolute Gasteiger partial charge is 0.465 e. The van der Waals surface area contributed by atoms with Crippen molar-refractivity contribution in [1.82, 2.24) is 0 Å². The first-order valence-electron chi connectivity index (χ1n) is 8.26. The zero-order chi connectivity index (χ0) is 20.4. The minimum absolute atomic E-state index is 0.0468. The number of aliphatic hydroxyl groups excluding tert-OH is 2. The molecule has 0 fully saturated rings. The molecule has 1 aromatic carbocycles. The van der Waals surface area contributed by atoms with E-state index in [1.54, 1.807) is 13.8 Å². The molecule has 0 aliphatic heterocycles. The number of hydrogen-bond acceptors (Lipinski definition) is 7. The lowest BCUT2D eigenvalue weighted by Crippen LogP contribution is -2.21. The van der Waals surface area contributed by atoms with Crippen LogP contribution in [0.2, 0.25) is 0 Å². The lowest BCUT2D eigenvalue weighted by molar-refractivity contribution is -0.126. The van der Waals surface area contributed by atoms with Crippen molar-refractivity contribution in [2.45, 2.75) is 52.1 Å². The van der Waals surface area contributed by atoms with Crippen LogP contribution in [0.1, 0.15) is 49.9 Å². The molecule has 0 saturated carbocycles. The number of aliphatic hydroxyl groups is 2. The zero-order valence-corrected chi connectivity index (χ0v) is 15.0. The molecule has 10 heteroatoms. The van der Waals surface area contributed by atoms with Crippen molar-refractivity contribution in [2.75, 3.05) is 0 Å². The first-order valence-corrected chi connectivity index (χ1v) is 8.26. The van der Waals surface area contributed by atoms with Crippen LogP contribution in [0.5, 0.6) is 11.5 Å². The van der Waals surface area contributed by atoms with Crippen LogP contribution in [-0.4, -0.2) is 40.3 Å². The van der Waals surface area contributed by atoms with Crippen molar-refractivity contribution in [2.24, 2.45) is 5.11 Å². The molecule has 0 saturated heterocycles. The van der Waals surface area contributed by atoms with Crippen LogP contribution in [0.4, 0.5) is 0 Å². The van der Waals surface area contributed by atoms with E-state index in [4.69, 9.17) is 15.0 Å². The summed E-state index contributed by atoms with van der Waals surface area (Å²) in [5, 5.41) is 22.6. The van der Waals surface area contributed by atoms with Crippen molar-refractivity contribution in [1.29, 1.82) is 0 Å². The number of azide groups is 1. The summed E-state index contributed by atoms with van der Waals surface area (Å²) in [5.74, 6) is -1.49. The predicted octanol–water partition coefficient (Wildman–Crippen LogP) is 2.27. The number of hydrogen-bond donors (Lipinski definition) is 2. The highest BCUT2D eigenvalue weighted by Crippen LogP contribution is 2.26. The number of nitrogens with zero attached hydrogens (tertiary/aromatic N) is 3. The maximum Gasteiger partial charge on any atom is 0.249 e. The van der Waals surface area contributed by atoms with Gasteiger partial charge >= 0.3 is 0 Å². The molecule has 0 aliphatic rings. The number of amides is 1. The van der Waals surface area contributed by atoms with Gasteiger partial charge in [-0.15, -0.1) is 0 Å². The number of benzene rings is 1. The molecule has 0 heterocycles. The van der Waals surface area contributed by atoms with Gasteiger partial charge in [0.1, 0.15) is 23.1 Å². The van der Waals surface area contributed by atoms with Gasteiger partial charge in [-0.05, 0) is 22.8 Å². The standard InChI is InChI=1S/C17H21N3O7/c1-3-11(21)7-15(23)26-13-5-10(17(25)19-20-18)6-14(9-13)27-16(24)8-12(22)4-2/h5-6,9,15-16,23-24H,3-4,7-8H2,1-2H3. The van der Waals surface area contributed by atoms with Crippen LogP contribution in [-0.2, 0) is 9.59 Å². The van der Waals surface area contributed by atoms with Gasteiger partial charge in [0.25, 0.3) is 0 Å². The Morgan fingerprint density at radius 1 is 1.00 bits per heavy atom. The molecule has 27 heavy (non-hydrogen) atoms. The van der Waals surface area contributed by atoms with Crippen LogP contribution in [0.3, 0.4) is 0 Å². The van der Waals surface area contributed by atoms with Crippen molar-refractivity contribution in [3.05, 3.63) is 34.2 Å². The third-order valence-corrected chi connectivity index (χ3v) is 3.40. The van der Waals surface area contributed by atoms with E-state index in [0.29, 0.717) is 0 Å². The summed E-state index contributed by atoms with van der Waals surface area (Å²) in [7, 11) is 0. The topological polar surface area (TPSA) is 159 Å². The summed E-state index contributed by atoms with van der Waals surface area (Å²) >= 11 is 0. The van der Waals surface area contributed by atoms with Gasteiger partial charge in [-0.3, -0.25) is 14.4 Å². The molecule has 0 radical (unpaired) electrons. The van der Waals surface area contributed by atoms with Gasteiger partial charge in [-0.2, -0.15) is 0 Å². The molecule has 1 amide bonds. The number of ketones is 2. The fourth-order valence-corrected chi connectivity index (χ4v) is 2.01. The third kappa shape index (κ3) is 7.87. The molecule has 1 rings (SSSR count). The average Bonchev–Trinajstić information content (AvgIpc) is 2.61. The Balaban J connectivity index is 3.05. The van der Waals surface area contributed by atoms with Crippen molar-refractivity contribution >= 4 is 17.5 Å². The van der Waals surface area contributed by atoms with E-state index in [9.17, 15) is 24.6 Å². The monoisotopic (exact) mass is 379 g/mol. The summed E-state index contributed by atoms with van der Waals surface area (Å²) in [4.78, 5) is 37.0. The second kappa shape index (κ2) is 10.9. The van der Waals surface area contributed by atoms with Gasteiger partial charge < -0.3 is 19.7 Å². The quantitative estimate of drug-likeness (QED) is 0.258. The van der Waals surface area contributed by atoms with E-state index in [1.165, 1.54) is 18.2 Å². The van der Waals surface area contributed by atoms with Gasteiger partial charge in [0, 0.05) is 29.4 Å². The molecular weight excluding hydrogens is 358 g/mol. The van der Waals surface area contributed by atoms with Gasteiger partial charge in [-0.1, -0.05) is 13.8 Å². The lowest BCUT2D eigenvalue weighted by atomic mass is 10.2. The highest BCUT2D eigenvalue weighted by Gasteiger charge is 2.17. The molecule has 2 unspecified atom stereocenters. The Hall–Kier alpha value is -2.94. The maximum absolute atomic E-state index is 11.8. The van der Waals surface area contributed by atoms with Crippen molar-refractivity contribution < 1.29 is 34.1 Å². The molecule has 0 aromatic heterocycles. The first kappa shape index (κ1) is 22.1. The van der Waals surface area contributed by atoms with Gasteiger partial charge in [0.2, 0.25) is 18.5 Å². The number of carbonyl (C=O) groups is 3. The van der Waals surface area contributed by atoms with Crippen molar-refractivity contribution in [3.63, 3.8) is 0 Å². The van der Waals surface area contributed by atoms with Gasteiger partial charge in [0.15, 0.2) is 0 Å². The molecule has 0 spiro atoms. The van der Waals surface area contributed by atoms with Crippen molar-refractivity contribution in [3.8, 4) is 11.5 Å². The Morgan fingerprint density at radius 2 is 1.44 bits per heavy atom. The van der Waals surface area contributed by atoms with E-state index in [2.05, 4.69) is 10.0 Å². The average molecular weight is 379 g/mol. The second-order valence-electron chi connectivity index (χ2n) is 5.53. The molecule has 1 aromatic rings. The summed E-state index contributed by atoms with van der Waals surface area (Å²) in [6.07, 6.45) is -2.98. The first-order chi connectivity index (χ1) is 12.8. The second-order valence-corrected chi connectivity index (χ2v) is 5.53. The Morgan fingerprint density at radius 3 is 1.81 bits per heavy atom. The smallest absolute Gasteiger partial charge is 0.249 e. The number of carbonyl (C=O) groups excluding carboxylic acids is 3. The molecule has 2 N–H and O–H groups in total. The molecule has 2 atom stereocenters. The SMILES string of the molecule is CCC(=O)CC(O)Oc1cc(OC(O)CC(=O)CC)cc(C(=O)N=[N+]=[N-])c1. The predicted molar refractivity (Wildman–Crippen MR) is 93.0 cm³/mol. The van der Waals surface area contributed by atoms with Crippen LogP contribution < -0.4 is 9.47 Å². The molecule has 0 aliphatic carbocycles. The Labute approximate surface area is 155 Å². The maximum atomic E-state index is 11.8. The highest BCUT2D eigenvalue weighted by atomic mass is 16.6. The number of rotatable bonds is 11. The van der Waals surface area contributed by atoms with E-state index in [-0.39, 0.29) is 54.3 Å². The fraction of sp³-hybridized carbons (Fsp3) is 0.471. The fourth-order valence-electron chi connectivity index (χ4n) is 2.01. The van der Waals surface area contributed by atoms with Gasteiger partial charge in [0.05, 0.1) is 12.8 Å². The molecular formula is C17H21N3O7. The minimum Gasteiger partial charge on any atom is -0.465 e. The summed E-state index contributed by atoms with van der Waals surface area (Å²) in [6, 6.07) is 3.63. The highest BCUT2D eigenvalue weighted by molar-refractivity contribution is 5.95. The van der Waals surface area contributed by atoms with Gasteiger partial charge in [-0.25, -0.2) is 0 Å². The molecule has 0 bridgehead atoms. The van der Waals surface area contributed by atoms with E-state index in [0.717, 1.165) is 0 Å². The normalized spacial score (nSPS) is 12.4. The summed E-state index contributed by atoms with van der Waals surface area (Å²) < 4.78 is 10.4. The summed E-state index contributed by atoms with van der Waals surface area (Å²) in [5.41, 5.74) is 8.28. The zero-order valence-electron chi connectivity index (χ0n) is 15.0. The van der Waals surface area contributed by atoms with Crippen LogP contribution >= 0.6 is 0 Å². The lowest BCUT2D eigenvalue weighted by Gasteiger charge is -2.17. The third-order valence-electron chi connectivity index (χ3n) is 3.40. The van der Waals surface area contributed by atoms with Crippen LogP contribution in [0, 0.1) is 0 Å². The number of Topliss-reactive ketones (excluding diaryl/α,β-unsaturated/α-hetero) is 2. The number of ether oxygens (including phenoxy) is 2. The van der Waals surface area contributed by atoms with E-state index >= 15 is 0 Å². The van der Waals surface area contributed by atoms with E-state index in [1.807, 2.05) is 0 Å². The van der Waals surface area contributed by atoms with Crippen LogP contribution in [0.15, 0.2) is 23.3 Å². The molecule has 146 valence electrons. The van der Waals surface area contributed by atoms with Crippen LogP contribution in [0.25, 0.3) is 10.4 Å². The Bertz CT molecular complexity index is 700. The minimum atomic E-state index is -1.46. The molecule has 10 nitrogen and oxygen atoms in total. The summed E-state index contributed by atoms with van der Waals surface area (Å²) in [6.45, 7) is 3.28.